The summed E-state index contributed by atoms with van der Waals surface area (Å²) >= 11 is 0.821. The van der Waals surface area contributed by atoms with E-state index in [0.717, 1.165) is 20.8 Å². The maximum absolute atomic E-state index is 13.4. The molecule has 0 atom stereocenters. The molecule has 0 aromatic carbocycles. The van der Waals surface area contributed by atoms with Gasteiger partial charge < -0.3 is 9.64 Å². The molecule has 3 heterocycles. The lowest BCUT2D eigenvalue weighted by molar-refractivity contribution is -0.286. The second-order valence-electron chi connectivity index (χ2n) is 6.45. The highest BCUT2D eigenvalue weighted by molar-refractivity contribution is 7.16. The van der Waals surface area contributed by atoms with E-state index in [-0.39, 0.29) is 11.6 Å². The van der Waals surface area contributed by atoms with Gasteiger partial charge in [-0.2, -0.15) is 40.2 Å². The van der Waals surface area contributed by atoms with Crippen LogP contribution in [0.1, 0.15) is 16.4 Å². The molecule has 0 N–H and O–H groups in total. The Hall–Kier alpha value is -2.07. The van der Waals surface area contributed by atoms with E-state index >= 15 is 0 Å². The number of rotatable bonds is 6. The molecule has 1 aliphatic rings. The van der Waals surface area contributed by atoms with Crippen LogP contribution in [0.4, 0.5) is 35.1 Å². The lowest BCUT2D eigenvalue weighted by Crippen LogP contribution is -2.46. The van der Waals surface area contributed by atoms with Crippen molar-refractivity contribution in [2.75, 3.05) is 26.9 Å². The van der Waals surface area contributed by atoms with Gasteiger partial charge in [0.05, 0.1) is 38.6 Å². The number of nitrogens with zero attached hydrogens (tertiary/aromatic N) is 5. The molecule has 168 valence electrons. The second-order valence-corrected chi connectivity index (χ2v) is 7.49. The van der Waals surface area contributed by atoms with Crippen LogP contribution >= 0.6 is 11.3 Å². The van der Waals surface area contributed by atoms with E-state index < -0.39 is 61.9 Å². The van der Waals surface area contributed by atoms with Gasteiger partial charge in [-0.25, -0.2) is 9.50 Å². The standard InChI is InChI=1S/C14H13F8N5O2S/c1-29-4-8-24-27-7(10(13(17,18)19)23-11(27)30-8)2-26-6-25(3-9(26)28)5-12(15,16)14(20,21)22/h2-6H2,1H3. The summed E-state index contributed by atoms with van der Waals surface area (Å²) in [5, 5.41) is 4.24. The van der Waals surface area contributed by atoms with Gasteiger partial charge in [-0.15, -0.1) is 0 Å². The van der Waals surface area contributed by atoms with E-state index in [4.69, 9.17) is 4.74 Å². The number of carbonyl (C=O) groups is 1. The zero-order valence-corrected chi connectivity index (χ0v) is 15.8. The first kappa shape index (κ1) is 22.6. The van der Waals surface area contributed by atoms with Crippen molar-refractivity contribution < 1.29 is 44.7 Å². The molecular weight excluding hydrogens is 454 g/mol. The summed E-state index contributed by atoms with van der Waals surface area (Å²) < 4.78 is 109. The third-order valence-corrected chi connectivity index (χ3v) is 5.02. The molecule has 1 fully saturated rings. The van der Waals surface area contributed by atoms with Crippen molar-refractivity contribution in [1.82, 2.24) is 24.4 Å². The fourth-order valence-corrected chi connectivity index (χ4v) is 3.72. The number of imidazole rings is 1. The molecule has 0 saturated carbocycles. The molecule has 0 aliphatic carbocycles. The van der Waals surface area contributed by atoms with Gasteiger partial charge in [0.15, 0.2) is 5.69 Å². The number of ether oxygens (including phenoxy) is 1. The highest BCUT2D eigenvalue weighted by Gasteiger charge is 2.58. The molecule has 2 aromatic rings. The number of amides is 1. The molecule has 7 nitrogen and oxygen atoms in total. The minimum absolute atomic E-state index is 0.00222. The minimum Gasteiger partial charge on any atom is -0.377 e. The molecule has 1 amide bonds. The third kappa shape index (κ3) is 4.34. The second kappa shape index (κ2) is 7.56. The molecule has 1 aliphatic heterocycles. The van der Waals surface area contributed by atoms with Gasteiger partial charge >= 0.3 is 18.3 Å². The normalized spacial score (nSPS) is 17.0. The Kier molecular flexibility index (Phi) is 5.70. The van der Waals surface area contributed by atoms with Gasteiger partial charge in [0.2, 0.25) is 10.9 Å². The van der Waals surface area contributed by atoms with Gasteiger partial charge in [0.25, 0.3) is 0 Å². The fraction of sp³-hybridized carbons (Fsp3) is 0.643. The van der Waals surface area contributed by atoms with Gasteiger partial charge in [0.1, 0.15) is 5.01 Å². The van der Waals surface area contributed by atoms with E-state index in [1.54, 1.807) is 0 Å². The molecular formula is C14H13F8N5O2S. The minimum atomic E-state index is -5.82. The van der Waals surface area contributed by atoms with Gasteiger partial charge in [-0.05, 0) is 0 Å². The van der Waals surface area contributed by atoms with Crippen molar-refractivity contribution in [3.63, 3.8) is 0 Å². The topological polar surface area (TPSA) is 63.0 Å². The Morgan fingerprint density at radius 3 is 2.37 bits per heavy atom. The molecule has 2 aromatic heterocycles. The Bertz CT molecular complexity index is 937. The van der Waals surface area contributed by atoms with Crippen LogP contribution in [0.15, 0.2) is 0 Å². The largest absolute Gasteiger partial charge is 0.454 e. The molecule has 3 rings (SSSR count). The van der Waals surface area contributed by atoms with E-state index in [1.807, 2.05) is 0 Å². The number of carbonyl (C=O) groups excluding carboxylic acids is 1. The van der Waals surface area contributed by atoms with Crippen LogP contribution in [-0.4, -0.2) is 69.3 Å². The van der Waals surface area contributed by atoms with Crippen LogP contribution in [0, 0.1) is 0 Å². The average Bonchev–Trinajstić information content (AvgIpc) is 3.20. The highest BCUT2D eigenvalue weighted by atomic mass is 32.1. The van der Waals surface area contributed by atoms with Crippen LogP contribution in [0.25, 0.3) is 4.96 Å². The lowest BCUT2D eigenvalue weighted by Gasteiger charge is -2.25. The maximum Gasteiger partial charge on any atom is 0.454 e. The third-order valence-electron chi connectivity index (χ3n) is 4.13. The number of hydrogen-bond acceptors (Lipinski definition) is 6. The monoisotopic (exact) mass is 467 g/mol. The summed E-state index contributed by atoms with van der Waals surface area (Å²) in [5.74, 6) is -5.97. The van der Waals surface area contributed by atoms with Crippen molar-refractivity contribution in [2.24, 2.45) is 0 Å². The Balaban J connectivity index is 1.85. The first-order chi connectivity index (χ1) is 13.7. The number of hydrogen-bond donors (Lipinski definition) is 0. The van der Waals surface area contributed by atoms with Crippen LogP contribution in [-0.2, 0) is 28.9 Å². The molecule has 0 unspecified atom stereocenters. The van der Waals surface area contributed by atoms with Crippen molar-refractivity contribution in [1.29, 1.82) is 0 Å². The van der Waals surface area contributed by atoms with E-state index in [9.17, 15) is 39.9 Å². The first-order valence-corrected chi connectivity index (χ1v) is 8.92. The Morgan fingerprint density at radius 1 is 1.13 bits per heavy atom. The molecule has 30 heavy (non-hydrogen) atoms. The van der Waals surface area contributed by atoms with E-state index in [0.29, 0.717) is 9.91 Å². The molecule has 1 saturated heterocycles. The number of aromatic nitrogens is 3. The average molecular weight is 467 g/mol. The van der Waals surface area contributed by atoms with Gasteiger partial charge in [-0.3, -0.25) is 9.69 Å². The quantitative estimate of drug-likeness (QED) is 0.612. The number of fused-ring (bicyclic) bond motifs is 1. The fourth-order valence-electron chi connectivity index (χ4n) is 2.84. The zero-order valence-electron chi connectivity index (χ0n) is 15.0. The summed E-state index contributed by atoms with van der Waals surface area (Å²) in [4.78, 5) is 16.7. The summed E-state index contributed by atoms with van der Waals surface area (Å²) in [7, 11) is 1.35. The molecule has 16 heteroatoms. The lowest BCUT2D eigenvalue weighted by atomic mass is 10.3. The van der Waals surface area contributed by atoms with Crippen LogP contribution in [0.5, 0.6) is 0 Å². The van der Waals surface area contributed by atoms with Gasteiger partial charge in [-0.1, -0.05) is 11.3 Å². The smallest absolute Gasteiger partial charge is 0.377 e. The maximum atomic E-state index is 13.4. The summed E-state index contributed by atoms with van der Waals surface area (Å²) in [5.41, 5.74) is -1.86. The number of halogens is 8. The van der Waals surface area contributed by atoms with E-state index in [1.165, 1.54) is 7.11 Å². The van der Waals surface area contributed by atoms with Crippen LogP contribution in [0.3, 0.4) is 0 Å². The molecule has 0 spiro atoms. The van der Waals surface area contributed by atoms with Crippen molar-refractivity contribution in [3.8, 4) is 0 Å². The van der Waals surface area contributed by atoms with Gasteiger partial charge in [0, 0.05) is 7.11 Å². The van der Waals surface area contributed by atoms with Crippen molar-refractivity contribution >= 4 is 22.2 Å². The SMILES string of the molecule is COCc1nn2c(CN3CN(CC(F)(F)C(F)(F)F)CC3=O)c(C(F)(F)F)nc2s1. The zero-order chi connectivity index (χ0) is 22.5. The summed E-state index contributed by atoms with van der Waals surface area (Å²) in [6, 6.07) is 0. The van der Waals surface area contributed by atoms with Crippen LogP contribution in [0.2, 0.25) is 0 Å². The highest BCUT2D eigenvalue weighted by Crippen LogP contribution is 2.37. The summed E-state index contributed by atoms with van der Waals surface area (Å²) in [6.45, 7) is -4.01. The molecule has 0 bridgehead atoms. The molecule has 0 radical (unpaired) electrons. The number of alkyl halides is 8. The predicted molar refractivity (Wildman–Crippen MR) is 84.6 cm³/mol. The van der Waals surface area contributed by atoms with Crippen molar-refractivity contribution in [3.05, 3.63) is 16.4 Å². The van der Waals surface area contributed by atoms with Crippen LogP contribution < -0.4 is 0 Å². The number of methoxy groups -OCH3 is 1. The van der Waals surface area contributed by atoms with E-state index in [2.05, 4.69) is 10.1 Å². The Morgan fingerprint density at radius 2 is 1.80 bits per heavy atom. The Labute approximate surface area is 166 Å². The van der Waals surface area contributed by atoms with Crippen molar-refractivity contribution in [2.45, 2.75) is 31.4 Å². The predicted octanol–water partition coefficient (Wildman–Crippen LogP) is 2.76. The first-order valence-electron chi connectivity index (χ1n) is 8.11. The summed E-state index contributed by atoms with van der Waals surface area (Å²) in [6.07, 6.45) is -10.7.